The van der Waals surface area contributed by atoms with Crippen LogP contribution in [0.25, 0.3) is 0 Å². The quantitative estimate of drug-likeness (QED) is 0.464. The van der Waals surface area contributed by atoms with Gasteiger partial charge < -0.3 is 4.74 Å². The highest BCUT2D eigenvalue weighted by molar-refractivity contribution is 6.18. The van der Waals surface area contributed by atoms with Crippen molar-refractivity contribution in [3.63, 3.8) is 0 Å². The molecular formula is C9H17ClO. The summed E-state index contributed by atoms with van der Waals surface area (Å²) in [4.78, 5) is 0. The van der Waals surface area contributed by atoms with Crippen molar-refractivity contribution >= 4 is 11.6 Å². The fraction of sp³-hybridized carbons (Fsp3) is 1.00. The van der Waals surface area contributed by atoms with Crippen LogP contribution >= 0.6 is 11.6 Å². The molecule has 0 amide bonds. The summed E-state index contributed by atoms with van der Waals surface area (Å²) in [7, 11) is 0. The molecule has 0 bridgehead atoms. The van der Waals surface area contributed by atoms with Crippen molar-refractivity contribution in [2.24, 2.45) is 11.8 Å². The predicted octanol–water partition coefficient (Wildman–Crippen LogP) is 2.68. The van der Waals surface area contributed by atoms with Crippen LogP contribution in [-0.2, 0) is 4.74 Å². The zero-order valence-electron chi connectivity index (χ0n) is 7.35. The van der Waals surface area contributed by atoms with Crippen LogP contribution < -0.4 is 0 Å². The SMILES string of the molecule is CC(C)C(CCl)CCC1CO1. The lowest BCUT2D eigenvalue weighted by Gasteiger charge is -2.16. The van der Waals surface area contributed by atoms with Crippen LogP contribution in [0.2, 0.25) is 0 Å². The van der Waals surface area contributed by atoms with E-state index in [4.69, 9.17) is 16.3 Å². The number of hydrogen-bond acceptors (Lipinski definition) is 1. The standard InChI is InChI=1S/C9H17ClO/c1-7(2)8(5-10)3-4-9-6-11-9/h7-9H,3-6H2,1-2H3. The summed E-state index contributed by atoms with van der Waals surface area (Å²) < 4.78 is 5.14. The maximum Gasteiger partial charge on any atom is 0.0810 e. The van der Waals surface area contributed by atoms with Gasteiger partial charge in [-0.2, -0.15) is 0 Å². The maximum atomic E-state index is 5.83. The monoisotopic (exact) mass is 176 g/mol. The highest BCUT2D eigenvalue weighted by Gasteiger charge is 2.24. The van der Waals surface area contributed by atoms with Gasteiger partial charge in [0, 0.05) is 5.88 Å². The fourth-order valence-electron chi connectivity index (χ4n) is 1.22. The van der Waals surface area contributed by atoms with Gasteiger partial charge >= 0.3 is 0 Å². The predicted molar refractivity (Wildman–Crippen MR) is 48.0 cm³/mol. The molecule has 2 heteroatoms. The molecule has 1 saturated heterocycles. The summed E-state index contributed by atoms with van der Waals surface area (Å²) >= 11 is 5.83. The first kappa shape index (κ1) is 9.34. The molecule has 2 atom stereocenters. The molecule has 0 aromatic carbocycles. The normalized spacial score (nSPS) is 25.6. The van der Waals surface area contributed by atoms with Crippen molar-refractivity contribution in [1.29, 1.82) is 0 Å². The molecule has 66 valence electrons. The molecule has 0 aromatic heterocycles. The number of rotatable bonds is 5. The number of ether oxygens (including phenoxy) is 1. The molecule has 1 aliphatic heterocycles. The molecule has 0 aliphatic carbocycles. The average Bonchev–Trinajstić information content (AvgIpc) is 2.72. The Morgan fingerprint density at radius 2 is 2.18 bits per heavy atom. The summed E-state index contributed by atoms with van der Waals surface area (Å²) in [5, 5.41) is 0. The topological polar surface area (TPSA) is 12.5 Å². The van der Waals surface area contributed by atoms with E-state index in [2.05, 4.69) is 13.8 Å². The largest absolute Gasteiger partial charge is 0.373 e. The first-order valence-electron chi connectivity index (χ1n) is 4.41. The van der Waals surface area contributed by atoms with Crippen molar-refractivity contribution in [3.05, 3.63) is 0 Å². The number of hydrogen-bond donors (Lipinski definition) is 0. The van der Waals surface area contributed by atoms with Gasteiger partial charge in [0.1, 0.15) is 0 Å². The zero-order valence-corrected chi connectivity index (χ0v) is 8.10. The molecule has 0 radical (unpaired) electrons. The molecule has 0 saturated carbocycles. The van der Waals surface area contributed by atoms with Gasteiger partial charge in [-0.3, -0.25) is 0 Å². The molecule has 1 fully saturated rings. The van der Waals surface area contributed by atoms with E-state index in [9.17, 15) is 0 Å². The van der Waals surface area contributed by atoms with Crippen LogP contribution in [0.1, 0.15) is 26.7 Å². The Bertz CT molecular complexity index is 110. The van der Waals surface area contributed by atoms with E-state index in [1.54, 1.807) is 0 Å². The summed E-state index contributed by atoms with van der Waals surface area (Å²) in [6.07, 6.45) is 3.00. The zero-order chi connectivity index (χ0) is 8.27. The highest BCUT2D eigenvalue weighted by atomic mass is 35.5. The average molecular weight is 177 g/mol. The molecular weight excluding hydrogens is 160 g/mol. The molecule has 0 spiro atoms. The Morgan fingerprint density at radius 3 is 2.55 bits per heavy atom. The number of epoxide rings is 1. The molecule has 1 rings (SSSR count). The van der Waals surface area contributed by atoms with Gasteiger partial charge in [0.25, 0.3) is 0 Å². The third-order valence-electron chi connectivity index (χ3n) is 2.40. The second kappa shape index (κ2) is 4.32. The molecule has 0 aromatic rings. The van der Waals surface area contributed by atoms with E-state index in [0.717, 1.165) is 12.5 Å². The second-order valence-corrected chi connectivity index (χ2v) is 4.00. The van der Waals surface area contributed by atoms with Gasteiger partial charge in [0.15, 0.2) is 0 Å². The lowest BCUT2D eigenvalue weighted by atomic mass is 9.92. The minimum atomic E-state index is 0.569. The van der Waals surface area contributed by atoms with Crippen molar-refractivity contribution in [1.82, 2.24) is 0 Å². The third-order valence-corrected chi connectivity index (χ3v) is 2.80. The van der Waals surface area contributed by atoms with Crippen LogP contribution in [0, 0.1) is 11.8 Å². The van der Waals surface area contributed by atoms with Gasteiger partial charge in [-0.05, 0) is 24.7 Å². The van der Waals surface area contributed by atoms with Crippen molar-refractivity contribution in [2.75, 3.05) is 12.5 Å². The lowest BCUT2D eigenvalue weighted by molar-refractivity contribution is 0.339. The lowest BCUT2D eigenvalue weighted by Crippen LogP contribution is -2.11. The van der Waals surface area contributed by atoms with Gasteiger partial charge in [-0.25, -0.2) is 0 Å². The minimum Gasteiger partial charge on any atom is -0.373 e. The molecule has 0 N–H and O–H groups in total. The van der Waals surface area contributed by atoms with E-state index < -0.39 is 0 Å². The maximum absolute atomic E-state index is 5.83. The smallest absolute Gasteiger partial charge is 0.0810 e. The second-order valence-electron chi connectivity index (χ2n) is 3.69. The van der Waals surface area contributed by atoms with E-state index in [0.29, 0.717) is 17.9 Å². The van der Waals surface area contributed by atoms with Crippen LogP contribution in [0.3, 0.4) is 0 Å². The molecule has 1 heterocycles. The summed E-state index contributed by atoms with van der Waals surface area (Å²) in [5.74, 6) is 2.19. The van der Waals surface area contributed by atoms with E-state index in [-0.39, 0.29) is 0 Å². The van der Waals surface area contributed by atoms with E-state index in [1.807, 2.05) is 0 Å². The Labute approximate surface area is 74.1 Å². The summed E-state index contributed by atoms with van der Waals surface area (Å²) in [6.45, 7) is 5.45. The van der Waals surface area contributed by atoms with Crippen LogP contribution in [0.5, 0.6) is 0 Å². The van der Waals surface area contributed by atoms with Crippen LogP contribution in [-0.4, -0.2) is 18.6 Å². The Hall–Kier alpha value is 0.250. The molecule has 2 unspecified atom stereocenters. The van der Waals surface area contributed by atoms with Gasteiger partial charge in [-0.15, -0.1) is 11.6 Å². The van der Waals surface area contributed by atoms with E-state index in [1.165, 1.54) is 12.8 Å². The molecule has 1 nitrogen and oxygen atoms in total. The van der Waals surface area contributed by atoms with Crippen molar-refractivity contribution < 1.29 is 4.74 Å². The van der Waals surface area contributed by atoms with Crippen molar-refractivity contribution in [3.8, 4) is 0 Å². The Morgan fingerprint density at radius 1 is 1.55 bits per heavy atom. The van der Waals surface area contributed by atoms with Gasteiger partial charge in [-0.1, -0.05) is 13.8 Å². The van der Waals surface area contributed by atoms with E-state index >= 15 is 0 Å². The molecule has 1 aliphatic rings. The summed E-state index contributed by atoms with van der Waals surface area (Å²) in [5.41, 5.74) is 0. The first-order chi connectivity index (χ1) is 5.24. The number of alkyl halides is 1. The van der Waals surface area contributed by atoms with Gasteiger partial charge in [0.2, 0.25) is 0 Å². The highest BCUT2D eigenvalue weighted by Crippen LogP contribution is 2.24. The third kappa shape index (κ3) is 3.44. The van der Waals surface area contributed by atoms with Crippen LogP contribution in [0.15, 0.2) is 0 Å². The summed E-state index contributed by atoms with van der Waals surface area (Å²) in [6, 6.07) is 0. The fourth-order valence-corrected chi connectivity index (χ4v) is 1.73. The van der Waals surface area contributed by atoms with Crippen molar-refractivity contribution in [2.45, 2.75) is 32.8 Å². The Kier molecular flexibility index (Phi) is 3.67. The minimum absolute atomic E-state index is 0.569. The van der Waals surface area contributed by atoms with Gasteiger partial charge in [0.05, 0.1) is 12.7 Å². The van der Waals surface area contributed by atoms with Crippen LogP contribution in [0.4, 0.5) is 0 Å². The molecule has 11 heavy (non-hydrogen) atoms. The first-order valence-corrected chi connectivity index (χ1v) is 4.95. The number of halogens is 1. The Balaban J connectivity index is 2.08.